The zero-order valence-electron chi connectivity index (χ0n) is 8.48. The zero-order chi connectivity index (χ0) is 12.6. The normalized spacial score (nSPS) is 11.6. The average molecular weight is 297 g/mol. The van der Waals surface area contributed by atoms with Gasteiger partial charge in [-0.05, 0) is 0 Å². The molecular weight excluding hydrogens is 289 g/mol. The molecule has 2 aromatic carbocycles. The molecule has 2 N–H and O–H groups in total. The van der Waals surface area contributed by atoms with Crippen molar-refractivity contribution in [3.63, 3.8) is 0 Å². The Balaban J connectivity index is 2.89. The number of nitro groups is 1. The quantitative estimate of drug-likeness (QED) is 0.472. The van der Waals surface area contributed by atoms with Crippen LogP contribution < -0.4 is 4.35 Å². The fraction of sp³-hybridized carbons (Fsp3) is 0. The average Bonchev–Trinajstić information content (AvgIpc) is 2.26. The molecule has 7 heteroatoms. The van der Waals surface area contributed by atoms with Crippen LogP contribution in [0, 0.1) is 10.1 Å². The Morgan fingerprint density at radius 3 is 2.24 bits per heavy atom. The molecule has 0 aliphatic rings. The first kappa shape index (κ1) is 11.9. The first-order valence-corrected chi connectivity index (χ1v) is 8.02. The number of hydrogen-bond acceptors (Lipinski definition) is 3. The minimum atomic E-state index is -5.07. The van der Waals surface area contributed by atoms with Gasteiger partial charge in [0.25, 0.3) is 0 Å². The summed E-state index contributed by atoms with van der Waals surface area (Å²) in [6.45, 7) is 0. The van der Waals surface area contributed by atoms with Crippen molar-refractivity contribution in [3.8, 4) is 0 Å². The van der Waals surface area contributed by atoms with Crippen molar-refractivity contribution in [2.45, 2.75) is 0 Å². The molecule has 0 saturated carbocycles. The second-order valence-corrected chi connectivity index (χ2v) is 6.74. The summed E-state index contributed by atoms with van der Waals surface area (Å²) in [5.41, 5.74) is -0.159. The van der Waals surface area contributed by atoms with E-state index in [0.29, 0.717) is 0 Å². The van der Waals surface area contributed by atoms with Gasteiger partial charge in [-0.1, -0.05) is 0 Å². The van der Waals surface area contributed by atoms with E-state index in [9.17, 15) is 22.0 Å². The Kier molecular flexibility index (Phi) is 2.79. The van der Waals surface area contributed by atoms with Crippen molar-refractivity contribution < 1.29 is 16.9 Å². The second kappa shape index (κ2) is 4.00. The van der Waals surface area contributed by atoms with Gasteiger partial charge in [-0.15, -0.1) is 0 Å². The van der Waals surface area contributed by atoms with Gasteiger partial charge in [-0.2, -0.15) is 0 Å². The molecular formula is C10H8AsNO5. The Labute approximate surface area is 98.7 Å². The fourth-order valence-corrected chi connectivity index (χ4v) is 3.35. The van der Waals surface area contributed by atoms with E-state index in [2.05, 4.69) is 0 Å². The number of benzene rings is 2. The van der Waals surface area contributed by atoms with Gasteiger partial charge in [0.1, 0.15) is 0 Å². The van der Waals surface area contributed by atoms with Gasteiger partial charge in [0.15, 0.2) is 0 Å². The first-order valence-electron chi connectivity index (χ1n) is 4.63. The topological polar surface area (TPSA) is 101 Å². The van der Waals surface area contributed by atoms with E-state index in [1.165, 1.54) is 36.4 Å². The molecule has 0 aromatic heterocycles. The predicted octanol–water partition coefficient (Wildman–Crippen LogP) is 0.309. The molecule has 0 radical (unpaired) electrons. The zero-order valence-corrected chi connectivity index (χ0v) is 10.4. The molecule has 0 unspecified atom stereocenters. The SMILES string of the molecule is O=[N+]([O-])c1cccc2c([As](=O)(O)O)cccc12. The van der Waals surface area contributed by atoms with Gasteiger partial charge in [-0.25, -0.2) is 0 Å². The molecule has 0 amide bonds. The van der Waals surface area contributed by atoms with Gasteiger partial charge < -0.3 is 0 Å². The summed E-state index contributed by atoms with van der Waals surface area (Å²) in [5.74, 6) is 0. The molecule has 2 aromatic rings. The van der Waals surface area contributed by atoms with Gasteiger partial charge >= 0.3 is 98.4 Å². The van der Waals surface area contributed by atoms with Crippen molar-refractivity contribution >= 4 is 35.0 Å². The van der Waals surface area contributed by atoms with Crippen molar-refractivity contribution in [2.24, 2.45) is 0 Å². The molecule has 0 heterocycles. The first-order chi connectivity index (χ1) is 7.91. The van der Waals surface area contributed by atoms with Crippen LogP contribution in [0.3, 0.4) is 0 Å². The van der Waals surface area contributed by atoms with Gasteiger partial charge in [0.05, 0.1) is 0 Å². The van der Waals surface area contributed by atoms with Crippen LogP contribution in [0.25, 0.3) is 10.8 Å². The van der Waals surface area contributed by atoms with Crippen LogP contribution in [-0.4, -0.2) is 27.3 Å². The van der Waals surface area contributed by atoms with Crippen molar-refractivity contribution in [1.82, 2.24) is 0 Å². The summed E-state index contributed by atoms with van der Waals surface area (Å²) in [6.07, 6.45) is 0. The Morgan fingerprint density at radius 2 is 1.65 bits per heavy atom. The number of nitro benzene ring substituents is 1. The Morgan fingerprint density at radius 1 is 1.06 bits per heavy atom. The number of hydrogen-bond donors (Lipinski definition) is 2. The van der Waals surface area contributed by atoms with Crippen LogP contribution in [0.5, 0.6) is 0 Å². The van der Waals surface area contributed by atoms with Crippen molar-refractivity contribution in [2.75, 3.05) is 0 Å². The minimum absolute atomic E-state index is 0.135. The number of rotatable bonds is 2. The third-order valence-electron chi connectivity index (χ3n) is 2.39. The van der Waals surface area contributed by atoms with Gasteiger partial charge in [0.2, 0.25) is 0 Å². The van der Waals surface area contributed by atoms with E-state index in [1.54, 1.807) is 0 Å². The third-order valence-corrected chi connectivity index (χ3v) is 4.52. The van der Waals surface area contributed by atoms with E-state index < -0.39 is 19.1 Å². The molecule has 0 fully saturated rings. The maximum absolute atomic E-state index is 11.3. The molecule has 17 heavy (non-hydrogen) atoms. The fourth-order valence-electron chi connectivity index (χ4n) is 1.69. The van der Waals surface area contributed by atoms with E-state index in [-0.39, 0.29) is 20.8 Å². The maximum atomic E-state index is 11.3. The van der Waals surface area contributed by atoms with Crippen LogP contribution in [0.4, 0.5) is 5.69 Å². The standard InChI is InChI=1S/C10H8AsNO5/c13-11(14,15)9-5-1-4-8-7(9)3-2-6-10(8)12(16)17/h1-6H,(H2,13,14,15). The van der Waals surface area contributed by atoms with E-state index in [0.717, 1.165) is 0 Å². The molecule has 0 aliphatic heterocycles. The van der Waals surface area contributed by atoms with Crippen LogP contribution in [0.2, 0.25) is 0 Å². The van der Waals surface area contributed by atoms with E-state index in [4.69, 9.17) is 0 Å². The molecule has 0 saturated heterocycles. The van der Waals surface area contributed by atoms with Crippen LogP contribution in [0.1, 0.15) is 0 Å². The molecule has 0 aliphatic carbocycles. The molecule has 0 spiro atoms. The number of fused-ring (bicyclic) bond motifs is 1. The number of nitrogens with zero attached hydrogens (tertiary/aromatic N) is 1. The van der Waals surface area contributed by atoms with Crippen LogP contribution in [-0.2, 0) is 3.74 Å². The van der Waals surface area contributed by atoms with Crippen molar-refractivity contribution in [3.05, 3.63) is 46.5 Å². The molecule has 0 atom stereocenters. The summed E-state index contributed by atoms with van der Waals surface area (Å²) in [4.78, 5) is 10.2. The monoisotopic (exact) mass is 297 g/mol. The molecule has 88 valence electrons. The van der Waals surface area contributed by atoms with Gasteiger partial charge in [-0.3, -0.25) is 0 Å². The second-order valence-electron chi connectivity index (χ2n) is 3.45. The molecule has 0 bridgehead atoms. The number of non-ortho nitro benzene ring substituents is 1. The molecule has 2 rings (SSSR count). The molecule has 6 nitrogen and oxygen atoms in total. The summed E-state index contributed by atoms with van der Waals surface area (Å²) >= 11 is -5.07. The van der Waals surface area contributed by atoms with Crippen LogP contribution >= 0.6 is 0 Å². The van der Waals surface area contributed by atoms with E-state index in [1.807, 2.05) is 0 Å². The summed E-state index contributed by atoms with van der Waals surface area (Å²) in [5, 5.41) is 11.3. The Hall–Kier alpha value is -1.62. The van der Waals surface area contributed by atoms with E-state index >= 15 is 0 Å². The summed E-state index contributed by atoms with van der Waals surface area (Å²) in [6, 6.07) is 8.37. The third kappa shape index (κ3) is 2.10. The van der Waals surface area contributed by atoms with Crippen LogP contribution in [0.15, 0.2) is 36.4 Å². The summed E-state index contributed by atoms with van der Waals surface area (Å²) in [7, 11) is 0. The summed E-state index contributed by atoms with van der Waals surface area (Å²) < 4.78 is 29.6. The predicted molar refractivity (Wildman–Crippen MR) is 61.1 cm³/mol. The van der Waals surface area contributed by atoms with Gasteiger partial charge in [0, 0.05) is 0 Å². The Bertz CT molecular complexity index is 648. The van der Waals surface area contributed by atoms with Crippen molar-refractivity contribution in [1.29, 1.82) is 0 Å².